The van der Waals surface area contributed by atoms with E-state index >= 15 is 0 Å². The second-order valence-corrected chi connectivity index (χ2v) is 8.87. The highest BCUT2D eigenvalue weighted by Gasteiger charge is 2.17. The number of aromatic nitrogens is 2. The van der Waals surface area contributed by atoms with Crippen LogP contribution in [0.15, 0.2) is 40.8 Å². The van der Waals surface area contributed by atoms with Gasteiger partial charge in [-0.1, -0.05) is 0 Å². The zero-order valence-electron chi connectivity index (χ0n) is 18.2. The summed E-state index contributed by atoms with van der Waals surface area (Å²) in [5.41, 5.74) is 6.36. The van der Waals surface area contributed by atoms with E-state index in [0.717, 1.165) is 10.9 Å². The third-order valence-corrected chi connectivity index (χ3v) is 5.43. The topological polar surface area (TPSA) is 131 Å². The van der Waals surface area contributed by atoms with Crippen molar-refractivity contribution < 1.29 is 19.1 Å². The van der Waals surface area contributed by atoms with Crippen LogP contribution in [0.1, 0.15) is 26.3 Å². The number of carbonyl (C=O) groups excluding carboxylic acids is 2. The van der Waals surface area contributed by atoms with Gasteiger partial charge in [-0.2, -0.15) is 0 Å². The molecule has 0 aliphatic carbocycles. The Morgan fingerprint density at radius 2 is 2.03 bits per heavy atom. The summed E-state index contributed by atoms with van der Waals surface area (Å²) in [5, 5.41) is 6.14. The number of amides is 2. The lowest BCUT2D eigenvalue weighted by Gasteiger charge is -2.20. The number of halogens is 1. The fraction of sp³-hybridized carbons (Fsp3) is 0.381. The number of hydrogen-bond donors (Lipinski definition) is 5. The van der Waals surface area contributed by atoms with Gasteiger partial charge in [-0.25, -0.2) is 9.78 Å². The molecule has 0 saturated heterocycles. The Labute approximate surface area is 200 Å². The second kappa shape index (κ2) is 11.9. The van der Waals surface area contributed by atoms with Crippen LogP contribution >= 0.6 is 28.6 Å². The molecule has 5 N–H and O–H groups in total. The summed E-state index contributed by atoms with van der Waals surface area (Å²) in [7, 11) is 0. The molecule has 0 saturated carbocycles. The lowest BCUT2D eigenvalue weighted by molar-refractivity contribution is -0.116. The number of fused-ring (bicyclic) bond motifs is 1. The summed E-state index contributed by atoms with van der Waals surface area (Å²) in [6.07, 6.45) is 4.20. The highest BCUT2D eigenvalue weighted by Crippen LogP contribution is 2.34. The maximum Gasteiger partial charge on any atom is 0.407 e. The maximum absolute atomic E-state index is 12.2. The van der Waals surface area contributed by atoms with Crippen LogP contribution in [0.3, 0.4) is 0 Å². The van der Waals surface area contributed by atoms with Gasteiger partial charge >= 0.3 is 6.09 Å². The summed E-state index contributed by atoms with van der Waals surface area (Å²) >= 11 is 8.15. The number of hydrogen-bond acceptors (Lipinski definition) is 7. The van der Waals surface area contributed by atoms with E-state index in [4.69, 9.17) is 15.2 Å². The minimum absolute atomic E-state index is 0.0985. The average Bonchev–Trinajstić information content (AvgIpc) is 3.21. The number of rotatable bonds is 9. The number of alkyl carbamates (subject to hydrolysis) is 1. The molecule has 2 amide bonds. The molecule has 0 atom stereocenters. The van der Waals surface area contributed by atoms with Crippen molar-refractivity contribution in [2.24, 2.45) is 5.73 Å². The van der Waals surface area contributed by atoms with Gasteiger partial charge in [-0.05, 0) is 48.8 Å². The number of H-pyrrole nitrogens is 1. The van der Waals surface area contributed by atoms with Crippen LogP contribution in [-0.4, -0.2) is 53.8 Å². The van der Waals surface area contributed by atoms with Crippen molar-refractivity contribution in [3.05, 3.63) is 46.4 Å². The first-order valence-electron chi connectivity index (χ1n) is 9.93. The largest absolute Gasteiger partial charge is 0.490 e. The predicted octanol–water partition coefficient (Wildman–Crippen LogP) is 3.06. The molecule has 0 fully saturated rings. The van der Waals surface area contributed by atoms with E-state index in [1.165, 1.54) is 6.08 Å². The van der Waals surface area contributed by atoms with E-state index in [9.17, 15) is 9.59 Å². The zero-order chi connectivity index (χ0) is 23.7. The van der Waals surface area contributed by atoms with Gasteiger partial charge in [-0.3, -0.25) is 4.79 Å². The monoisotopic (exact) mass is 525 g/mol. The molecular weight excluding hydrogens is 498 g/mol. The van der Waals surface area contributed by atoms with Gasteiger partial charge in [0.15, 0.2) is 0 Å². The van der Waals surface area contributed by atoms with Crippen LogP contribution in [0.25, 0.3) is 15.9 Å². The fourth-order valence-corrected chi connectivity index (χ4v) is 3.31. The molecule has 9 nitrogen and oxygen atoms in total. The number of aromatic amines is 1. The van der Waals surface area contributed by atoms with Crippen LogP contribution in [-0.2, 0) is 14.3 Å². The number of nitrogens with zero attached hydrogens (tertiary/aromatic N) is 1. The van der Waals surface area contributed by atoms with Crippen molar-refractivity contribution in [3.8, 4) is 0 Å². The van der Waals surface area contributed by atoms with Crippen LogP contribution < -0.4 is 16.4 Å². The summed E-state index contributed by atoms with van der Waals surface area (Å²) in [6.45, 7) is 6.25. The summed E-state index contributed by atoms with van der Waals surface area (Å²) in [6, 6.07) is 3.70. The maximum atomic E-state index is 12.2. The number of ether oxygens (including phenoxy) is 2. The predicted molar refractivity (Wildman–Crippen MR) is 131 cm³/mol. The first kappa shape index (κ1) is 25.8. The SMILES string of the molecule is CC(C)(C)OC(=O)NCCOC(=C\C(=O)NCCN)/C(Br)=C(\S)c1ccnc2[nH]ccc12. The van der Waals surface area contributed by atoms with Crippen molar-refractivity contribution in [2.75, 3.05) is 26.2 Å². The number of nitrogens with two attached hydrogens (primary N) is 1. The molecule has 32 heavy (non-hydrogen) atoms. The fourth-order valence-electron chi connectivity index (χ4n) is 2.56. The van der Waals surface area contributed by atoms with Gasteiger partial charge in [0.2, 0.25) is 5.91 Å². The molecule has 0 aliphatic rings. The molecule has 0 radical (unpaired) electrons. The van der Waals surface area contributed by atoms with Crippen LogP contribution in [0.2, 0.25) is 0 Å². The Bertz CT molecular complexity index is 1010. The zero-order valence-corrected chi connectivity index (χ0v) is 20.7. The summed E-state index contributed by atoms with van der Waals surface area (Å²) in [4.78, 5) is 31.9. The molecule has 0 aliphatic heterocycles. The number of thiol groups is 1. The molecular formula is C21H28BrN5O4S. The first-order valence-corrected chi connectivity index (χ1v) is 11.2. The lowest BCUT2D eigenvalue weighted by Crippen LogP contribution is -2.34. The van der Waals surface area contributed by atoms with Gasteiger partial charge < -0.3 is 30.8 Å². The molecule has 0 unspecified atom stereocenters. The third-order valence-electron chi connectivity index (χ3n) is 3.87. The van der Waals surface area contributed by atoms with E-state index in [1.807, 2.05) is 12.1 Å². The Morgan fingerprint density at radius 3 is 2.72 bits per heavy atom. The van der Waals surface area contributed by atoms with Crippen molar-refractivity contribution in [1.82, 2.24) is 20.6 Å². The van der Waals surface area contributed by atoms with Crippen LogP contribution in [0, 0.1) is 0 Å². The second-order valence-electron chi connectivity index (χ2n) is 7.63. The summed E-state index contributed by atoms with van der Waals surface area (Å²) < 4.78 is 11.5. The molecule has 11 heteroatoms. The number of nitrogens with one attached hydrogen (secondary N) is 3. The molecule has 174 valence electrons. The highest BCUT2D eigenvalue weighted by molar-refractivity contribution is 9.12. The number of allylic oxidation sites excluding steroid dienone is 1. The molecule has 0 spiro atoms. The number of pyridine rings is 1. The quantitative estimate of drug-likeness (QED) is 0.112. The van der Waals surface area contributed by atoms with E-state index in [2.05, 4.69) is 49.2 Å². The first-order chi connectivity index (χ1) is 15.1. The number of carbonyl (C=O) groups is 2. The Hall–Kier alpha value is -2.50. The average molecular weight is 526 g/mol. The minimum atomic E-state index is -0.599. The van der Waals surface area contributed by atoms with Crippen LogP contribution in [0.4, 0.5) is 4.79 Å². The summed E-state index contributed by atoms with van der Waals surface area (Å²) in [5.74, 6) is -0.124. The van der Waals surface area contributed by atoms with E-state index < -0.39 is 11.7 Å². The molecule has 0 aromatic carbocycles. The standard InChI is InChI=1S/C21H28BrN5O4S/c1-21(2,3)31-20(29)27-10-11-30-15(12-16(28)24-9-6-23)17(22)18(32)13-4-7-25-19-14(13)5-8-26-19/h4-5,7-8,12,32H,6,9-11,23H2,1-3H3,(H,24,28)(H,25,26)(H,27,29)/b15-12-,18-17+. The van der Waals surface area contributed by atoms with Crippen LogP contribution in [0.5, 0.6) is 0 Å². The third kappa shape index (κ3) is 7.88. The van der Waals surface area contributed by atoms with Gasteiger partial charge in [0.25, 0.3) is 0 Å². The van der Waals surface area contributed by atoms with E-state index in [1.54, 1.807) is 33.2 Å². The van der Waals surface area contributed by atoms with Gasteiger partial charge in [0.1, 0.15) is 23.6 Å². The van der Waals surface area contributed by atoms with Gasteiger partial charge in [0.05, 0.1) is 11.0 Å². The molecule has 2 heterocycles. The molecule has 2 aromatic heterocycles. The Morgan fingerprint density at radius 1 is 1.28 bits per heavy atom. The highest BCUT2D eigenvalue weighted by atomic mass is 79.9. The van der Waals surface area contributed by atoms with Gasteiger partial charge in [-0.15, -0.1) is 12.6 Å². The molecule has 2 rings (SSSR count). The molecule has 0 bridgehead atoms. The Balaban J connectivity index is 2.20. The van der Waals surface area contributed by atoms with Crippen molar-refractivity contribution in [1.29, 1.82) is 0 Å². The lowest BCUT2D eigenvalue weighted by atomic mass is 10.1. The smallest absolute Gasteiger partial charge is 0.407 e. The van der Waals surface area contributed by atoms with Crippen molar-refractivity contribution >= 4 is 56.5 Å². The van der Waals surface area contributed by atoms with Crippen molar-refractivity contribution in [2.45, 2.75) is 26.4 Å². The molecule has 2 aromatic rings. The van der Waals surface area contributed by atoms with Crippen molar-refractivity contribution in [3.63, 3.8) is 0 Å². The Kier molecular flexibility index (Phi) is 9.60. The minimum Gasteiger partial charge on any atom is -0.490 e. The normalized spacial score (nSPS) is 12.9. The van der Waals surface area contributed by atoms with E-state index in [-0.39, 0.29) is 24.8 Å². The van der Waals surface area contributed by atoms with Gasteiger partial charge in [0, 0.05) is 47.4 Å². The van der Waals surface area contributed by atoms with E-state index in [0.29, 0.717) is 28.1 Å².